The van der Waals surface area contributed by atoms with Gasteiger partial charge in [0.25, 0.3) is 0 Å². The second-order valence-corrected chi connectivity index (χ2v) is 6.60. The first-order valence-electron chi connectivity index (χ1n) is 9.58. The van der Waals surface area contributed by atoms with Crippen molar-refractivity contribution in [2.24, 2.45) is 0 Å². The minimum Gasteiger partial charge on any atom is -0.457 e. The molecule has 3 aromatic carbocycles. The van der Waals surface area contributed by atoms with Crippen LogP contribution in [-0.2, 0) is 22.6 Å². The van der Waals surface area contributed by atoms with Gasteiger partial charge in [-0.25, -0.2) is 0 Å². The maximum Gasteiger partial charge on any atom is 0.224 e. The van der Waals surface area contributed by atoms with E-state index in [1.807, 2.05) is 84.9 Å². The molecule has 5 heteroatoms. The summed E-state index contributed by atoms with van der Waals surface area (Å²) < 4.78 is 5.81. The van der Waals surface area contributed by atoms with Gasteiger partial charge in [0.1, 0.15) is 11.5 Å². The van der Waals surface area contributed by atoms with Gasteiger partial charge in [-0.3, -0.25) is 9.59 Å². The minimum absolute atomic E-state index is 0.0882. The summed E-state index contributed by atoms with van der Waals surface area (Å²) in [4.78, 5) is 23.9. The zero-order valence-corrected chi connectivity index (χ0v) is 16.1. The van der Waals surface area contributed by atoms with Crippen LogP contribution in [0.3, 0.4) is 0 Å². The molecule has 0 aromatic heterocycles. The summed E-state index contributed by atoms with van der Waals surface area (Å²) in [5.41, 5.74) is 1.90. The molecule has 0 aliphatic heterocycles. The highest BCUT2D eigenvalue weighted by Crippen LogP contribution is 2.21. The zero-order chi connectivity index (χ0) is 20.3. The number of nitrogens with one attached hydrogen (secondary N) is 2. The first kappa shape index (κ1) is 20.1. The van der Waals surface area contributed by atoms with E-state index < -0.39 is 0 Å². The van der Waals surface area contributed by atoms with Crippen LogP contribution in [0.25, 0.3) is 0 Å². The predicted molar refractivity (Wildman–Crippen MR) is 113 cm³/mol. The van der Waals surface area contributed by atoms with Crippen LogP contribution < -0.4 is 15.4 Å². The van der Waals surface area contributed by atoms with Crippen molar-refractivity contribution in [3.63, 3.8) is 0 Å². The van der Waals surface area contributed by atoms with Crippen molar-refractivity contribution < 1.29 is 14.3 Å². The van der Waals surface area contributed by atoms with Crippen molar-refractivity contribution in [3.05, 3.63) is 96.1 Å². The minimum atomic E-state index is -0.112. The second-order valence-electron chi connectivity index (χ2n) is 6.60. The molecule has 29 heavy (non-hydrogen) atoms. The normalized spacial score (nSPS) is 10.2. The number of amides is 2. The summed E-state index contributed by atoms with van der Waals surface area (Å²) in [6, 6.07) is 26.7. The van der Waals surface area contributed by atoms with Gasteiger partial charge in [0, 0.05) is 19.5 Å². The lowest BCUT2D eigenvalue weighted by molar-refractivity contribution is -0.122. The lowest BCUT2D eigenvalue weighted by Gasteiger charge is -2.09. The second kappa shape index (κ2) is 10.7. The Morgan fingerprint density at radius 3 is 2.10 bits per heavy atom. The molecule has 2 N–H and O–H groups in total. The van der Waals surface area contributed by atoms with Crippen molar-refractivity contribution >= 4 is 11.8 Å². The van der Waals surface area contributed by atoms with E-state index in [1.165, 1.54) is 0 Å². The van der Waals surface area contributed by atoms with E-state index in [0.29, 0.717) is 19.5 Å². The van der Waals surface area contributed by atoms with E-state index in [1.54, 1.807) is 0 Å². The average Bonchev–Trinajstić information content (AvgIpc) is 2.74. The average molecular weight is 388 g/mol. The van der Waals surface area contributed by atoms with Gasteiger partial charge in [0.05, 0.1) is 6.42 Å². The molecule has 3 rings (SSSR count). The van der Waals surface area contributed by atoms with Crippen molar-refractivity contribution in [1.29, 1.82) is 0 Å². The van der Waals surface area contributed by atoms with Crippen molar-refractivity contribution in [2.45, 2.75) is 19.4 Å². The molecular formula is C24H24N2O3. The van der Waals surface area contributed by atoms with Crippen molar-refractivity contribution in [2.75, 3.05) is 6.54 Å². The Morgan fingerprint density at radius 2 is 1.34 bits per heavy atom. The first-order chi connectivity index (χ1) is 14.2. The van der Waals surface area contributed by atoms with Gasteiger partial charge in [-0.1, -0.05) is 60.7 Å². The Bertz CT molecular complexity index is 927. The molecule has 0 heterocycles. The van der Waals surface area contributed by atoms with E-state index in [9.17, 15) is 9.59 Å². The number of ether oxygens (including phenoxy) is 1. The topological polar surface area (TPSA) is 67.4 Å². The predicted octanol–water partition coefficient (Wildman–Crippen LogP) is 3.84. The zero-order valence-electron chi connectivity index (χ0n) is 16.1. The van der Waals surface area contributed by atoms with E-state index >= 15 is 0 Å². The van der Waals surface area contributed by atoms with Gasteiger partial charge in [-0.2, -0.15) is 0 Å². The molecule has 0 saturated carbocycles. The molecule has 0 aliphatic rings. The SMILES string of the molecule is O=C(CCNC(=O)Cc1ccccc1)NCc1cccc(Oc2ccccc2)c1. The molecule has 0 fully saturated rings. The summed E-state index contributed by atoms with van der Waals surface area (Å²) in [5, 5.41) is 5.64. The number of benzene rings is 3. The van der Waals surface area contributed by atoms with Crippen LogP contribution >= 0.6 is 0 Å². The molecular weight excluding hydrogens is 364 g/mol. The standard InChI is InChI=1S/C24H24N2O3/c27-23(14-15-25-24(28)17-19-8-3-1-4-9-19)26-18-20-10-7-13-22(16-20)29-21-11-5-2-6-12-21/h1-13,16H,14-15,17-18H2,(H,25,28)(H,26,27). The molecule has 0 saturated heterocycles. The highest BCUT2D eigenvalue weighted by atomic mass is 16.5. The van der Waals surface area contributed by atoms with Gasteiger partial charge < -0.3 is 15.4 Å². The van der Waals surface area contributed by atoms with Crippen molar-refractivity contribution in [1.82, 2.24) is 10.6 Å². The first-order valence-corrected chi connectivity index (χ1v) is 9.58. The highest BCUT2D eigenvalue weighted by Gasteiger charge is 2.06. The van der Waals surface area contributed by atoms with Crippen LogP contribution in [-0.4, -0.2) is 18.4 Å². The van der Waals surface area contributed by atoms with E-state index in [0.717, 1.165) is 22.6 Å². The molecule has 0 atom stereocenters. The quantitative estimate of drug-likeness (QED) is 0.585. The fourth-order valence-corrected chi connectivity index (χ4v) is 2.79. The summed E-state index contributed by atoms with van der Waals surface area (Å²) in [5.74, 6) is 1.28. The molecule has 0 spiro atoms. The molecule has 0 aliphatic carbocycles. The van der Waals surface area contributed by atoms with Gasteiger partial charge in [-0.05, 0) is 35.4 Å². The Kier molecular flexibility index (Phi) is 7.41. The maximum atomic E-state index is 12.0. The van der Waals surface area contributed by atoms with Crippen LogP contribution in [0.1, 0.15) is 17.5 Å². The van der Waals surface area contributed by atoms with Crippen LogP contribution in [0.2, 0.25) is 0 Å². The largest absolute Gasteiger partial charge is 0.457 e. The highest BCUT2D eigenvalue weighted by molar-refractivity contribution is 5.80. The third-order valence-corrected chi connectivity index (χ3v) is 4.25. The summed E-state index contributed by atoms with van der Waals surface area (Å²) >= 11 is 0. The third-order valence-electron chi connectivity index (χ3n) is 4.25. The van der Waals surface area contributed by atoms with Crippen LogP contribution in [0, 0.1) is 0 Å². The van der Waals surface area contributed by atoms with E-state index in [2.05, 4.69) is 10.6 Å². The van der Waals surface area contributed by atoms with Gasteiger partial charge in [-0.15, -0.1) is 0 Å². The summed E-state index contributed by atoms with van der Waals surface area (Å²) in [6.45, 7) is 0.720. The number of para-hydroxylation sites is 1. The Balaban J connectivity index is 1.38. The van der Waals surface area contributed by atoms with Crippen LogP contribution in [0.15, 0.2) is 84.9 Å². The monoisotopic (exact) mass is 388 g/mol. The smallest absolute Gasteiger partial charge is 0.224 e. The fraction of sp³-hybridized carbons (Fsp3) is 0.167. The van der Waals surface area contributed by atoms with Gasteiger partial charge in [0.2, 0.25) is 11.8 Å². The van der Waals surface area contributed by atoms with Gasteiger partial charge in [0.15, 0.2) is 0 Å². The molecule has 0 radical (unpaired) electrons. The molecule has 2 amide bonds. The van der Waals surface area contributed by atoms with E-state index in [-0.39, 0.29) is 18.2 Å². The molecule has 0 unspecified atom stereocenters. The Morgan fingerprint density at radius 1 is 0.690 bits per heavy atom. The number of hydrogen-bond donors (Lipinski definition) is 2. The van der Waals surface area contributed by atoms with Crippen LogP contribution in [0.5, 0.6) is 11.5 Å². The van der Waals surface area contributed by atoms with Crippen LogP contribution in [0.4, 0.5) is 0 Å². The molecule has 5 nitrogen and oxygen atoms in total. The Hall–Kier alpha value is -3.60. The number of carbonyl (C=O) groups is 2. The third kappa shape index (κ3) is 7.14. The number of rotatable bonds is 9. The molecule has 0 bridgehead atoms. The Labute approximate surface area is 170 Å². The summed E-state index contributed by atoms with van der Waals surface area (Å²) in [6.07, 6.45) is 0.553. The summed E-state index contributed by atoms with van der Waals surface area (Å²) in [7, 11) is 0. The number of carbonyl (C=O) groups excluding carboxylic acids is 2. The fourth-order valence-electron chi connectivity index (χ4n) is 2.79. The lowest BCUT2D eigenvalue weighted by atomic mass is 10.1. The van der Waals surface area contributed by atoms with Gasteiger partial charge >= 0.3 is 0 Å². The number of hydrogen-bond acceptors (Lipinski definition) is 3. The van der Waals surface area contributed by atoms with Crippen molar-refractivity contribution in [3.8, 4) is 11.5 Å². The molecule has 3 aromatic rings. The lowest BCUT2D eigenvalue weighted by Crippen LogP contribution is -2.31. The van der Waals surface area contributed by atoms with E-state index in [4.69, 9.17) is 4.74 Å². The molecule has 148 valence electrons. The maximum absolute atomic E-state index is 12.0.